The normalized spacial score (nSPS) is 16.8. The molecule has 2 saturated heterocycles. The number of hydrogen-bond donors (Lipinski definition) is 1. The second-order valence-electron chi connectivity index (χ2n) is 9.68. The van der Waals surface area contributed by atoms with Crippen LogP contribution in [-0.2, 0) is 24.2 Å². The highest BCUT2D eigenvalue weighted by Crippen LogP contribution is 2.22. The maximum absolute atomic E-state index is 12.5. The van der Waals surface area contributed by atoms with Crippen molar-refractivity contribution in [3.63, 3.8) is 0 Å². The van der Waals surface area contributed by atoms with Gasteiger partial charge in [-0.3, -0.25) is 4.79 Å². The van der Waals surface area contributed by atoms with Crippen LogP contribution in [0.5, 0.6) is 0 Å². The molecule has 2 aliphatic rings. The topological polar surface area (TPSA) is 52.7 Å². The fourth-order valence-electron chi connectivity index (χ4n) is 4.89. The van der Waals surface area contributed by atoms with E-state index in [2.05, 4.69) is 60.8 Å². The molecule has 0 radical (unpaired) electrons. The average Bonchev–Trinajstić information content (AvgIpc) is 3.39. The molecule has 2 heterocycles. The van der Waals surface area contributed by atoms with Crippen molar-refractivity contribution in [2.45, 2.75) is 58.4 Å². The number of amides is 3. The maximum Gasteiger partial charge on any atom is 0.317 e. The molecule has 0 aromatic heterocycles. The molecule has 3 amide bonds. The minimum Gasteiger partial charge on any atom is -0.343 e. The predicted octanol–water partition coefficient (Wildman–Crippen LogP) is 4.71. The molecule has 33 heavy (non-hydrogen) atoms. The Morgan fingerprint density at radius 1 is 0.818 bits per heavy atom. The molecule has 0 aliphatic carbocycles. The lowest BCUT2D eigenvalue weighted by molar-refractivity contribution is -0.130. The Morgan fingerprint density at radius 2 is 1.42 bits per heavy atom. The lowest BCUT2D eigenvalue weighted by Gasteiger charge is -2.32. The second-order valence-corrected chi connectivity index (χ2v) is 9.68. The minimum atomic E-state index is 0.0434. The smallest absolute Gasteiger partial charge is 0.317 e. The van der Waals surface area contributed by atoms with Crippen molar-refractivity contribution in [1.82, 2.24) is 15.1 Å². The number of hydrogen-bond acceptors (Lipinski definition) is 2. The van der Waals surface area contributed by atoms with E-state index in [1.807, 2.05) is 9.80 Å². The fraction of sp³-hybridized carbons (Fsp3) is 0.500. The molecule has 4 rings (SSSR count). The molecular weight excluding hydrogens is 410 g/mol. The molecule has 5 nitrogen and oxygen atoms in total. The molecule has 5 heteroatoms. The van der Waals surface area contributed by atoms with Crippen LogP contribution >= 0.6 is 0 Å². The number of nitrogens with one attached hydrogen (secondary N) is 1. The Morgan fingerprint density at radius 3 is 2.09 bits per heavy atom. The van der Waals surface area contributed by atoms with Gasteiger partial charge in [-0.2, -0.15) is 0 Å². The average molecular weight is 448 g/mol. The number of likely N-dealkylation sites (tertiary alicyclic amines) is 2. The van der Waals surface area contributed by atoms with E-state index in [1.165, 1.54) is 16.7 Å². The van der Waals surface area contributed by atoms with Crippen LogP contribution < -0.4 is 5.32 Å². The van der Waals surface area contributed by atoms with Crippen LogP contribution in [0.2, 0.25) is 0 Å². The lowest BCUT2D eigenvalue weighted by atomic mass is 9.90. The van der Waals surface area contributed by atoms with E-state index < -0.39 is 0 Å². The third-order valence-corrected chi connectivity index (χ3v) is 7.10. The Balaban J connectivity index is 1.16. The SMILES string of the molecule is Cc1ccc(CNC(=O)N2CCC(Cc3ccc(CCC(=O)N4CCCC4)cc3)CC2)cc1. The first kappa shape index (κ1) is 23.3. The van der Waals surface area contributed by atoms with Crippen molar-refractivity contribution in [1.29, 1.82) is 0 Å². The van der Waals surface area contributed by atoms with Gasteiger partial charge in [-0.05, 0) is 68.1 Å². The number of benzene rings is 2. The molecule has 0 saturated carbocycles. The van der Waals surface area contributed by atoms with Gasteiger partial charge in [0, 0.05) is 39.1 Å². The van der Waals surface area contributed by atoms with Crippen LogP contribution in [0.25, 0.3) is 0 Å². The summed E-state index contributed by atoms with van der Waals surface area (Å²) in [6.45, 7) is 6.16. The quantitative estimate of drug-likeness (QED) is 0.668. The molecule has 2 fully saturated rings. The van der Waals surface area contributed by atoms with E-state index in [4.69, 9.17) is 0 Å². The van der Waals surface area contributed by atoms with Gasteiger partial charge in [0.1, 0.15) is 0 Å². The van der Waals surface area contributed by atoms with Crippen molar-refractivity contribution < 1.29 is 9.59 Å². The Bertz CT molecular complexity index is 909. The van der Waals surface area contributed by atoms with E-state index in [0.717, 1.165) is 70.3 Å². The first-order valence-electron chi connectivity index (χ1n) is 12.5. The number of aryl methyl sites for hydroxylation is 2. The molecule has 2 aliphatic heterocycles. The Labute approximate surface area is 198 Å². The molecule has 176 valence electrons. The maximum atomic E-state index is 12.5. The first-order valence-corrected chi connectivity index (χ1v) is 12.5. The van der Waals surface area contributed by atoms with Crippen LogP contribution in [0.4, 0.5) is 4.79 Å². The zero-order valence-corrected chi connectivity index (χ0v) is 19.9. The van der Waals surface area contributed by atoms with Gasteiger partial charge in [0.2, 0.25) is 5.91 Å². The Kier molecular flexibility index (Phi) is 8.03. The summed E-state index contributed by atoms with van der Waals surface area (Å²) in [5.74, 6) is 0.917. The van der Waals surface area contributed by atoms with E-state index in [-0.39, 0.29) is 6.03 Å². The predicted molar refractivity (Wildman–Crippen MR) is 132 cm³/mol. The van der Waals surface area contributed by atoms with E-state index in [0.29, 0.717) is 24.8 Å². The van der Waals surface area contributed by atoms with Crippen LogP contribution in [0, 0.1) is 12.8 Å². The number of urea groups is 1. The van der Waals surface area contributed by atoms with Crippen molar-refractivity contribution >= 4 is 11.9 Å². The number of rotatable bonds is 7. The third kappa shape index (κ3) is 6.83. The number of carbonyl (C=O) groups excluding carboxylic acids is 2. The van der Waals surface area contributed by atoms with Crippen molar-refractivity contribution in [3.8, 4) is 0 Å². The highest BCUT2D eigenvalue weighted by molar-refractivity contribution is 5.76. The number of piperidine rings is 1. The summed E-state index contributed by atoms with van der Waals surface area (Å²) in [6.07, 6.45) is 6.89. The van der Waals surface area contributed by atoms with Gasteiger partial charge < -0.3 is 15.1 Å². The van der Waals surface area contributed by atoms with Crippen LogP contribution in [0.15, 0.2) is 48.5 Å². The summed E-state index contributed by atoms with van der Waals surface area (Å²) < 4.78 is 0. The van der Waals surface area contributed by atoms with E-state index in [1.54, 1.807) is 0 Å². The molecule has 2 aromatic rings. The van der Waals surface area contributed by atoms with Crippen molar-refractivity contribution in [3.05, 3.63) is 70.8 Å². The van der Waals surface area contributed by atoms with Gasteiger partial charge in [0.15, 0.2) is 0 Å². The highest BCUT2D eigenvalue weighted by Gasteiger charge is 2.23. The van der Waals surface area contributed by atoms with E-state index >= 15 is 0 Å². The summed E-state index contributed by atoms with van der Waals surface area (Å²) >= 11 is 0. The summed E-state index contributed by atoms with van der Waals surface area (Å²) in [6, 6.07) is 17.1. The summed E-state index contributed by atoms with van der Waals surface area (Å²) in [7, 11) is 0. The molecule has 0 unspecified atom stereocenters. The van der Waals surface area contributed by atoms with Gasteiger partial charge in [-0.25, -0.2) is 4.79 Å². The summed E-state index contributed by atoms with van der Waals surface area (Å²) in [5.41, 5.74) is 4.96. The molecular formula is C28H37N3O2. The monoisotopic (exact) mass is 447 g/mol. The highest BCUT2D eigenvalue weighted by atomic mass is 16.2. The van der Waals surface area contributed by atoms with Gasteiger partial charge in [0.05, 0.1) is 0 Å². The number of carbonyl (C=O) groups is 2. The minimum absolute atomic E-state index is 0.0434. The van der Waals surface area contributed by atoms with Crippen molar-refractivity contribution in [2.75, 3.05) is 26.2 Å². The zero-order valence-electron chi connectivity index (χ0n) is 19.9. The van der Waals surface area contributed by atoms with Crippen LogP contribution in [-0.4, -0.2) is 47.9 Å². The summed E-state index contributed by atoms with van der Waals surface area (Å²) in [5, 5.41) is 3.06. The third-order valence-electron chi connectivity index (χ3n) is 7.10. The zero-order chi connectivity index (χ0) is 23.0. The van der Waals surface area contributed by atoms with Gasteiger partial charge in [-0.1, -0.05) is 54.1 Å². The largest absolute Gasteiger partial charge is 0.343 e. The number of nitrogens with zero attached hydrogens (tertiary/aromatic N) is 2. The molecule has 1 N–H and O–H groups in total. The lowest BCUT2D eigenvalue weighted by Crippen LogP contribution is -2.44. The van der Waals surface area contributed by atoms with Crippen molar-refractivity contribution in [2.24, 2.45) is 5.92 Å². The van der Waals surface area contributed by atoms with E-state index in [9.17, 15) is 9.59 Å². The van der Waals surface area contributed by atoms with Crippen LogP contribution in [0.3, 0.4) is 0 Å². The van der Waals surface area contributed by atoms with Gasteiger partial charge in [-0.15, -0.1) is 0 Å². The first-order chi connectivity index (χ1) is 16.1. The van der Waals surface area contributed by atoms with Gasteiger partial charge in [0.25, 0.3) is 0 Å². The standard InChI is InChI=1S/C28H37N3O2/c1-22-4-6-26(7-5-22)21-29-28(33)31-18-14-25(15-19-31)20-24-10-8-23(9-11-24)12-13-27(32)30-16-2-3-17-30/h4-11,25H,2-3,12-21H2,1H3,(H,29,33). The second kappa shape index (κ2) is 11.4. The fourth-order valence-corrected chi connectivity index (χ4v) is 4.89. The molecule has 0 bridgehead atoms. The van der Waals surface area contributed by atoms with Crippen LogP contribution in [0.1, 0.15) is 54.4 Å². The molecule has 0 spiro atoms. The Hall–Kier alpha value is -2.82. The summed E-state index contributed by atoms with van der Waals surface area (Å²) in [4.78, 5) is 28.7. The molecule has 0 atom stereocenters. The van der Waals surface area contributed by atoms with Gasteiger partial charge >= 0.3 is 6.03 Å². The molecule has 2 aromatic carbocycles.